The van der Waals surface area contributed by atoms with Gasteiger partial charge in [-0.1, -0.05) is 29.8 Å². The second-order valence-corrected chi connectivity index (χ2v) is 4.85. The molecule has 0 saturated heterocycles. The normalized spacial score (nSPS) is 10.3. The third-order valence-corrected chi connectivity index (χ3v) is 3.13. The third-order valence-electron chi connectivity index (χ3n) is 2.90. The summed E-state index contributed by atoms with van der Waals surface area (Å²) in [5, 5.41) is 7.82. The summed E-state index contributed by atoms with van der Waals surface area (Å²) >= 11 is 5.89. The molecule has 3 nitrogen and oxygen atoms in total. The first-order chi connectivity index (χ1) is 9.47. The van der Waals surface area contributed by atoms with Gasteiger partial charge < -0.3 is 10.5 Å². The first kappa shape index (κ1) is 14.3. The number of ether oxygens (including phenoxy) is 1. The summed E-state index contributed by atoms with van der Waals surface area (Å²) in [6.07, 6.45) is 0. The van der Waals surface area contributed by atoms with Gasteiger partial charge in [0.1, 0.15) is 24.0 Å². The van der Waals surface area contributed by atoms with E-state index in [1.54, 1.807) is 24.3 Å². The van der Waals surface area contributed by atoms with E-state index in [-0.39, 0.29) is 12.4 Å². The molecular weight excluding hydrogens is 279 g/mol. The minimum atomic E-state index is -0.447. The van der Waals surface area contributed by atoms with Crippen LogP contribution >= 0.6 is 11.6 Å². The van der Waals surface area contributed by atoms with Gasteiger partial charge in [0.05, 0.1) is 0 Å². The molecule has 0 spiro atoms. The SMILES string of the molecule is Cc1ccc(Cl)cc1OCc1ccc(C(=N)N)cc1F. The van der Waals surface area contributed by atoms with Gasteiger partial charge in [-0.3, -0.25) is 5.41 Å². The summed E-state index contributed by atoms with van der Waals surface area (Å²) < 4.78 is 19.4. The molecule has 104 valence electrons. The van der Waals surface area contributed by atoms with Crippen molar-refractivity contribution < 1.29 is 9.13 Å². The fourth-order valence-electron chi connectivity index (χ4n) is 1.72. The molecule has 0 bridgehead atoms. The predicted molar refractivity (Wildman–Crippen MR) is 77.9 cm³/mol. The van der Waals surface area contributed by atoms with Gasteiger partial charge in [-0.15, -0.1) is 0 Å². The summed E-state index contributed by atoms with van der Waals surface area (Å²) in [6, 6.07) is 9.68. The molecule has 0 aliphatic rings. The zero-order chi connectivity index (χ0) is 14.7. The van der Waals surface area contributed by atoms with Gasteiger partial charge in [-0.25, -0.2) is 4.39 Å². The molecule has 0 atom stereocenters. The van der Waals surface area contributed by atoms with Gasteiger partial charge in [0, 0.05) is 16.1 Å². The maximum Gasteiger partial charge on any atom is 0.130 e. The second kappa shape index (κ2) is 5.92. The van der Waals surface area contributed by atoms with Crippen LogP contribution in [0.15, 0.2) is 36.4 Å². The molecule has 0 saturated carbocycles. The molecule has 0 heterocycles. The van der Waals surface area contributed by atoms with Gasteiger partial charge in [0.25, 0.3) is 0 Å². The highest BCUT2D eigenvalue weighted by Gasteiger charge is 2.07. The van der Waals surface area contributed by atoms with E-state index >= 15 is 0 Å². The van der Waals surface area contributed by atoms with E-state index in [2.05, 4.69) is 0 Å². The van der Waals surface area contributed by atoms with E-state index in [1.807, 2.05) is 13.0 Å². The average molecular weight is 293 g/mol. The van der Waals surface area contributed by atoms with Gasteiger partial charge >= 0.3 is 0 Å². The number of amidine groups is 1. The van der Waals surface area contributed by atoms with Crippen molar-refractivity contribution in [2.45, 2.75) is 13.5 Å². The lowest BCUT2D eigenvalue weighted by molar-refractivity contribution is 0.298. The predicted octanol–water partition coefficient (Wildman–Crippen LogP) is 3.65. The Morgan fingerprint density at radius 1 is 1.30 bits per heavy atom. The largest absolute Gasteiger partial charge is 0.488 e. The van der Waals surface area contributed by atoms with Crippen LogP contribution in [0.5, 0.6) is 5.75 Å². The molecule has 5 heteroatoms. The van der Waals surface area contributed by atoms with Gasteiger partial charge in [-0.2, -0.15) is 0 Å². The minimum absolute atomic E-state index is 0.0885. The Morgan fingerprint density at radius 2 is 2.05 bits per heavy atom. The fourth-order valence-corrected chi connectivity index (χ4v) is 1.88. The molecule has 0 aliphatic heterocycles. The molecule has 2 aromatic rings. The van der Waals surface area contributed by atoms with E-state index in [1.165, 1.54) is 6.07 Å². The summed E-state index contributed by atoms with van der Waals surface area (Å²) in [6.45, 7) is 1.98. The molecule has 0 fully saturated rings. The zero-order valence-corrected chi connectivity index (χ0v) is 11.7. The maximum absolute atomic E-state index is 13.8. The smallest absolute Gasteiger partial charge is 0.130 e. The highest BCUT2D eigenvalue weighted by Crippen LogP contribution is 2.24. The van der Waals surface area contributed by atoms with Gasteiger partial charge in [-0.05, 0) is 30.7 Å². The Labute approximate surface area is 121 Å². The van der Waals surface area contributed by atoms with Crippen LogP contribution < -0.4 is 10.5 Å². The summed E-state index contributed by atoms with van der Waals surface area (Å²) in [5.41, 5.74) is 6.98. The monoisotopic (exact) mass is 292 g/mol. The number of rotatable bonds is 4. The van der Waals surface area contributed by atoms with Gasteiger partial charge in [0.2, 0.25) is 0 Å². The summed E-state index contributed by atoms with van der Waals surface area (Å²) in [7, 11) is 0. The Kier molecular flexibility index (Phi) is 4.25. The minimum Gasteiger partial charge on any atom is -0.488 e. The molecule has 0 aromatic heterocycles. The third kappa shape index (κ3) is 3.27. The van der Waals surface area contributed by atoms with Crippen molar-refractivity contribution in [2.24, 2.45) is 5.73 Å². The topological polar surface area (TPSA) is 59.1 Å². The van der Waals surface area contributed by atoms with Crippen molar-refractivity contribution in [1.82, 2.24) is 0 Å². The Bertz CT molecular complexity index is 658. The van der Waals surface area contributed by atoms with E-state index in [0.29, 0.717) is 21.9 Å². The quantitative estimate of drug-likeness (QED) is 0.667. The Balaban J connectivity index is 2.15. The van der Waals surface area contributed by atoms with Crippen LogP contribution in [0.1, 0.15) is 16.7 Å². The lowest BCUT2D eigenvalue weighted by Crippen LogP contribution is -2.12. The number of hydrogen-bond donors (Lipinski definition) is 2. The molecule has 0 amide bonds. The van der Waals surface area contributed by atoms with Crippen molar-refractivity contribution in [3.63, 3.8) is 0 Å². The number of benzene rings is 2. The highest BCUT2D eigenvalue weighted by molar-refractivity contribution is 6.30. The first-order valence-electron chi connectivity index (χ1n) is 5.99. The van der Waals surface area contributed by atoms with Crippen molar-refractivity contribution in [3.8, 4) is 5.75 Å². The lowest BCUT2D eigenvalue weighted by Gasteiger charge is -2.10. The van der Waals surface area contributed by atoms with Crippen molar-refractivity contribution in [1.29, 1.82) is 5.41 Å². The Morgan fingerprint density at radius 3 is 2.70 bits per heavy atom. The number of nitrogens with one attached hydrogen (secondary N) is 1. The molecular formula is C15H14ClFN2O. The summed E-state index contributed by atoms with van der Waals surface area (Å²) in [5.74, 6) is 0.00646. The van der Waals surface area contributed by atoms with Crippen LogP contribution in [-0.2, 0) is 6.61 Å². The number of nitrogen functional groups attached to an aromatic ring is 1. The standard InChI is InChI=1S/C15H14ClFN2O/c1-9-2-5-12(16)7-14(9)20-8-11-4-3-10(15(18)19)6-13(11)17/h2-7H,8H2,1H3,(H3,18,19). The van der Waals surface area contributed by atoms with Crippen molar-refractivity contribution >= 4 is 17.4 Å². The van der Waals surface area contributed by atoms with Crippen LogP contribution in [-0.4, -0.2) is 5.84 Å². The van der Waals surface area contributed by atoms with E-state index in [0.717, 1.165) is 5.56 Å². The fraction of sp³-hybridized carbons (Fsp3) is 0.133. The van der Waals surface area contributed by atoms with E-state index < -0.39 is 5.82 Å². The molecule has 20 heavy (non-hydrogen) atoms. The molecule has 0 radical (unpaired) electrons. The maximum atomic E-state index is 13.8. The average Bonchev–Trinajstić information content (AvgIpc) is 2.40. The number of hydrogen-bond acceptors (Lipinski definition) is 2. The highest BCUT2D eigenvalue weighted by atomic mass is 35.5. The summed E-state index contributed by atoms with van der Waals surface area (Å²) in [4.78, 5) is 0. The zero-order valence-electron chi connectivity index (χ0n) is 10.9. The molecule has 0 unspecified atom stereocenters. The molecule has 2 aromatic carbocycles. The Hall–Kier alpha value is -2.07. The molecule has 3 N–H and O–H groups in total. The van der Waals surface area contributed by atoms with Crippen molar-refractivity contribution in [3.05, 3.63) is 63.9 Å². The number of nitrogens with two attached hydrogens (primary N) is 1. The van der Waals surface area contributed by atoms with Crippen LogP contribution in [0.3, 0.4) is 0 Å². The number of halogens is 2. The first-order valence-corrected chi connectivity index (χ1v) is 6.37. The van der Waals surface area contributed by atoms with Crippen molar-refractivity contribution in [2.75, 3.05) is 0 Å². The molecule has 0 aliphatic carbocycles. The van der Waals surface area contributed by atoms with E-state index in [9.17, 15) is 4.39 Å². The number of aryl methyl sites for hydroxylation is 1. The van der Waals surface area contributed by atoms with Gasteiger partial charge in [0.15, 0.2) is 0 Å². The lowest BCUT2D eigenvalue weighted by atomic mass is 10.1. The van der Waals surface area contributed by atoms with Crippen LogP contribution in [0, 0.1) is 18.2 Å². The second-order valence-electron chi connectivity index (χ2n) is 4.42. The van der Waals surface area contributed by atoms with Crippen LogP contribution in [0.25, 0.3) is 0 Å². The van der Waals surface area contributed by atoms with Crippen LogP contribution in [0.4, 0.5) is 4.39 Å². The van der Waals surface area contributed by atoms with E-state index in [4.69, 9.17) is 27.5 Å². The molecule has 2 rings (SSSR count). The van der Waals surface area contributed by atoms with Crippen LogP contribution in [0.2, 0.25) is 5.02 Å².